The molecule has 2 aromatic heterocycles. The topological polar surface area (TPSA) is 121 Å². The van der Waals surface area contributed by atoms with Gasteiger partial charge < -0.3 is 23.1 Å². The molecule has 0 radical (unpaired) electrons. The number of hydrogen-bond donors (Lipinski definition) is 3. The first-order valence-electron chi connectivity index (χ1n) is 15.5. The Morgan fingerprint density at radius 3 is 2.60 bits per heavy atom. The van der Waals surface area contributed by atoms with E-state index in [2.05, 4.69) is 45.1 Å². The van der Waals surface area contributed by atoms with E-state index < -0.39 is 38.4 Å². The zero-order chi connectivity index (χ0) is 36.5. The van der Waals surface area contributed by atoms with Gasteiger partial charge in [-0.15, -0.1) is 12.8 Å². The van der Waals surface area contributed by atoms with Crippen LogP contribution in [0.5, 0.6) is 5.75 Å². The lowest BCUT2D eigenvalue weighted by molar-refractivity contribution is -0.146. The maximum Gasteiger partial charge on any atom is 0.416 e. The van der Waals surface area contributed by atoms with Gasteiger partial charge in [0, 0.05) is 17.1 Å². The first-order valence-corrected chi connectivity index (χ1v) is 18.3. The minimum absolute atomic E-state index is 0.103. The number of terminal acetylenes is 1. The third kappa shape index (κ3) is 9.91. The first-order chi connectivity index (χ1) is 23.9. The molecule has 3 N–H and O–H groups in total. The molecule has 50 heavy (non-hydrogen) atoms. The first kappa shape index (κ1) is 39.4. The monoisotopic (exact) mass is 754 g/mol. The highest BCUT2D eigenvalue weighted by molar-refractivity contribution is 7.96. The van der Waals surface area contributed by atoms with Crippen LogP contribution in [0.2, 0.25) is 5.02 Å². The van der Waals surface area contributed by atoms with Gasteiger partial charge in [0.05, 0.1) is 23.7 Å². The van der Waals surface area contributed by atoms with E-state index in [1.807, 2.05) is 23.1 Å². The molecule has 270 valence electrons. The molecule has 5 rings (SSSR count). The number of fused-ring (bicyclic) bond motifs is 1. The molecular formula is C33H39ClF3N6O5PS. The number of carbonyl (C=O) groups excluding carboxylic acids is 1. The number of nitrogens with zero attached hydrogens (tertiary/aromatic N) is 3. The van der Waals surface area contributed by atoms with Crippen molar-refractivity contribution in [2.45, 2.75) is 64.1 Å². The molecule has 1 saturated heterocycles. The van der Waals surface area contributed by atoms with Crippen LogP contribution in [0.4, 0.5) is 19.0 Å². The Morgan fingerprint density at radius 2 is 1.96 bits per heavy atom. The number of nitrogens with one attached hydrogen (secondary N) is 3. The highest BCUT2D eigenvalue weighted by Crippen LogP contribution is 2.48. The fourth-order valence-corrected chi connectivity index (χ4v) is 7.03. The van der Waals surface area contributed by atoms with E-state index in [-0.39, 0.29) is 30.4 Å². The molecule has 1 saturated carbocycles. The smallest absolute Gasteiger partial charge is 0.416 e. The van der Waals surface area contributed by atoms with Gasteiger partial charge in [0.25, 0.3) is 0 Å². The molecule has 1 aromatic carbocycles. The van der Waals surface area contributed by atoms with Gasteiger partial charge in [-0.2, -0.15) is 18.0 Å². The fourth-order valence-electron chi connectivity index (χ4n) is 5.26. The van der Waals surface area contributed by atoms with E-state index in [0.29, 0.717) is 35.9 Å². The number of halogens is 4. The van der Waals surface area contributed by atoms with Gasteiger partial charge in [-0.05, 0) is 75.3 Å². The number of allylic oxidation sites excluding steroid dienone is 3. The zero-order valence-corrected chi connectivity index (χ0v) is 30.3. The lowest BCUT2D eigenvalue weighted by Gasteiger charge is -2.25. The minimum atomic E-state index is -4.57. The molecular weight excluding hydrogens is 716 g/mol. The average molecular weight is 755 g/mol. The van der Waals surface area contributed by atoms with Crippen molar-refractivity contribution in [3.63, 3.8) is 0 Å². The summed E-state index contributed by atoms with van der Waals surface area (Å²) in [6.45, 7) is 4.52. The maximum atomic E-state index is 13.5. The minimum Gasteiger partial charge on any atom is -0.460 e. The summed E-state index contributed by atoms with van der Waals surface area (Å²) < 4.78 is 66.6. The molecule has 0 bridgehead atoms. The van der Waals surface area contributed by atoms with Crippen molar-refractivity contribution in [2.75, 3.05) is 24.9 Å². The van der Waals surface area contributed by atoms with Crippen molar-refractivity contribution < 1.29 is 36.5 Å². The highest BCUT2D eigenvalue weighted by atomic mass is 35.5. The van der Waals surface area contributed by atoms with Crippen LogP contribution in [0.25, 0.3) is 11.0 Å². The summed E-state index contributed by atoms with van der Waals surface area (Å²) >= 11 is 7.46. The molecule has 4 atom stereocenters. The van der Waals surface area contributed by atoms with Gasteiger partial charge in [-0.1, -0.05) is 42.6 Å². The fraction of sp³-hybridized carbons (Fsp3) is 0.424. The van der Waals surface area contributed by atoms with Crippen LogP contribution < -0.4 is 19.9 Å². The van der Waals surface area contributed by atoms with Crippen LogP contribution >= 0.6 is 32.1 Å². The Bertz CT molecular complexity index is 1690. The van der Waals surface area contributed by atoms with E-state index in [1.165, 1.54) is 38.2 Å². The predicted molar refractivity (Wildman–Crippen MR) is 190 cm³/mol. The second-order valence-corrected chi connectivity index (χ2v) is 13.8. The van der Waals surface area contributed by atoms with Gasteiger partial charge in [-0.25, -0.2) is 15.1 Å². The van der Waals surface area contributed by atoms with Crippen LogP contribution in [0.1, 0.15) is 46.3 Å². The Balaban J connectivity index is 0.00000276. The standard InChI is InChI=1S/C31H37ClF3N6O5PS.C2H2/c1-5-6-25(31(33,34)35)20(3)16-43-29(42)30(12-13-30)39-47(46-22-9-7-21(32)8-10-22)44-17-23-15-19(2)28(45-23)41-14-11-24-26(38-40-48-4)36-18-37-27(24)41;1-2/h5-11,14,18-19,23,28,39-40H,12-13,15-17H2,1-4H3,(H,36,37,38);1-2H/b6-5-,25-20-;. The number of anilines is 1. The molecule has 3 aromatic rings. The number of benzene rings is 1. The van der Waals surface area contributed by atoms with Crippen molar-refractivity contribution in [1.82, 2.24) is 24.5 Å². The van der Waals surface area contributed by atoms with E-state index >= 15 is 0 Å². The van der Waals surface area contributed by atoms with E-state index in [9.17, 15) is 18.0 Å². The predicted octanol–water partition coefficient (Wildman–Crippen LogP) is 7.90. The molecule has 2 fully saturated rings. The number of rotatable bonds is 15. The second-order valence-electron chi connectivity index (χ2n) is 11.5. The van der Waals surface area contributed by atoms with Crippen LogP contribution in [0.15, 0.2) is 66.2 Å². The normalized spacial score (nSPS) is 20.9. The maximum absolute atomic E-state index is 13.5. The van der Waals surface area contributed by atoms with Crippen molar-refractivity contribution in [1.29, 1.82) is 0 Å². The number of esters is 1. The molecule has 3 heterocycles. The summed E-state index contributed by atoms with van der Waals surface area (Å²) in [5.41, 5.74) is 1.68. The van der Waals surface area contributed by atoms with Crippen LogP contribution in [-0.2, 0) is 18.8 Å². The zero-order valence-electron chi connectivity index (χ0n) is 27.9. The molecule has 1 aliphatic heterocycles. The number of ether oxygens (including phenoxy) is 2. The van der Waals surface area contributed by atoms with E-state index in [0.717, 1.165) is 17.1 Å². The lowest BCUT2D eigenvalue weighted by Crippen LogP contribution is -2.39. The summed E-state index contributed by atoms with van der Waals surface area (Å²) in [7, 11) is -1.92. The van der Waals surface area contributed by atoms with Crippen LogP contribution in [-0.4, -0.2) is 57.8 Å². The molecule has 1 aliphatic carbocycles. The second kappa shape index (κ2) is 17.7. The molecule has 11 nitrogen and oxygen atoms in total. The van der Waals surface area contributed by atoms with Gasteiger partial charge in [-0.3, -0.25) is 10.2 Å². The van der Waals surface area contributed by atoms with Crippen LogP contribution in [0, 0.1) is 18.8 Å². The highest BCUT2D eigenvalue weighted by Gasteiger charge is 2.54. The van der Waals surface area contributed by atoms with Crippen molar-refractivity contribution in [3.05, 3.63) is 71.2 Å². The van der Waals surface area contributed by atoms with E-state index in [1.54, 1.807) is 24.3 Å². The SMILES string of the molecule is C#C.C/C=C\C(=C(/C)COC(=O)C1(NP(OCC2CC(C)C(n3ccc4c(NNSC)ncnc43)O2)Oc2ccc(Cl)cc2)CC1)C(F)(F)F. The Kier molecular flexibility index (Phi) is 14.0. The van der Waals surface area contributed by atoms with E-state index in [4.69, 9.17) is 30.1 Å². The summed E-state index contributed by atoms with van der Waals surface area (Å²) in [6, 6.07) is 8.61. The molecule has 17 heteroatoms. The van der Waals surface area contributed by atoms with Crippen molar-refractivity contribution >= 4 is 54.9 Å². The lowest BCUT2D eigenvalue weighted by atomic mass is 10.1. The van der Waals surface area contributed by atoms with Gasteiger partial charge in [0.15, 0.2) is 5.82 Å². The number of carbonyl (C=O) groups is 1. The largest absolute Gasteiger partial charge is 0.460 e. The Hall–Kier alpha value is -3.35. The number of hydrogen-bond acceptors (Lipinski definition) is 11. The Morgan fingerprint density at radius 1 is 1.24 bits per heavy atom. The van der Waals surface area contributed by atoms with Gasteiger partial charge in [0.1, 0.15) is 36.1 Å². The summed E-state index contributed by atoms with van der Waals surface area (Å²) in [6.07, 6.45) is 11.9. The van der Waals surface area contributed by atoms with Crippen molar-refractivity contribution in [2.24, 2.45) is 5.92 Å². The third-order valence-corrected chi connectivity index (χ3v) is 9.78. The Labute approximate surface area is 299 Å². The molecule has 4 unspecified atom stereocenters. The summed E-state index contributed by atoms with van der Waals surface area (Å²) in [5, 5.41) is 4.52. The quantitative estimate of drug-likeness (QED) is 0.0351. The van der Waals surface area contributed by atoms with Crippen LogP contribution in [0.3, 0.4) is 0 Å². The number of hydrazine groups is 1. The van der Waals surface area contributed by atoms with Gasteiger partial charge >= 0.3 is 20.7 Å². The van der Waals surface area contributed by atoms with Gasteiger partial charge in [0.2, 0.25) is 0 Å². The summed E-state index contributed by atoms with van der Waals surface area (Å²) in [5.74, 6) is 0.548. The summed E-state index contributed by atoms with van der Waals surface area (Å²) in [4.78, 5) is 25.0. The molecule has 0 spiro atoms. The number of alkyl halides is 3. The molecule has 2 aliphatic rings. The van der Waals surface area contributed by atoms with Crippen molar-refractivity contribution in [3.8, 4) is 18.6 Å². The number of aromatic nitrogens is 3. The third-order valence-electron chi connectivity index (χ3n) is 7.85. The average Bonchev–Trinajstić information content (AvgIpc) is 3.60. The molecule has 0 amide bonds.